The molecule has 1 aliphatic carbocycles. The van der Waals surface area contributed by atoms with Crippen molar-refractivity contribution in [2.24, 2.45) is 11.8 Å². The molecule has 3 nitrogen and oxygen atoms in total. The van der Waals surface area contributed by atoms with Gasteiger partial charge in [0.2, 0.25) is 5.91 Å². The van der Waals surface area contributed by atoms with Crippen LogP contribution in [0.4, 0.5) is 0 Å². The number of nitrogens with zero attached hydrogens (tertiary/aromatic N) is 2. The van der Waals surface area contributed by atoms with E-state index in [4.69, 9.17) is 0 Å². The normalized spacial score (nSPS) is 22.9. The van der Waals surface area contributed by atoms with Crippen LogP contribution in [0.2, 0.25) is 0 Å². The molecule has 17 heavy (non-hydrogen) atoms. The Balaban J connectivity index is 1.75. The van der Waals surface area contributed by atoms with Gasteiger partial charge in [-0.1, -0.05) is 13.8 Å². The highest BCUT2D eigenvalue weighted by Crippen LogP contribution is 2.29. The minimum Gasteiger partial charge on any atom is -0.341 e. The first-order valence-electron chi connectivity index (χ1n) is 7.15. The second kappa shape index (κ2) is 5.85. The van der Waals surface area contributed by atoms with Crippen molar-refractivity contribution >= 4 is 5.91 Å². The Hall–Kier alpha value is -0.570. The highest BCUT2D eigenvalue weighted by atomic mass is 16.2. The molecule has 0 atom stereocenters. The first-order valence-corrected chi connectivity index (χ1v) is 7.15. The SMILES string of the molecule is CC(C)CC(=O)N1CCCN(CC2CC2)CC1. The molecule has 0 aromatic carbocycles. The van der Waals surface area contributed by atoms with Gasteiger partial charge in [-0.15, -0.1) is 0 Å². The average Bonchev–Trinajstić information content (AvgIpc) is 3.05. The summed E-state index contributed by atoms with van der Waals surface area (Å²) in [6.07, 6.45) is 4.71. The van der Waals surface area contributed by atoms with Crippen LogP contribution in [0.3, 0.4) is 0 Å². The minimum absolute atomic E-state index is 0.355. The summed E-state index contributed by atoms with van der Waals surface area (Å²) in [6, 6.07) is 0. The van der Waals surface area contributed by atoms with Crippen LogP contribution < -0.4 is 0 Å². The predicted molar refractivity (Wildman–Crippen MR) is 69.8 cm³/mol. The van der Waals surface area contributed by atoms with Gasteiger partial charge in [0.1, 0.15) is 0 Å². The number of carbonyl (C=O) groups excluding carboxylic acids is 1. The summed E-state index contributed by atoms with van der Waals surface area (Å²) in [5.41, 5.74) is 0. The molecule has 1 saturated carbocycles. The van der Waals surface area contributed by atoms with E-state index in [0.29, 0.717) is 18.2 Å². The van der Waals surface area contributed by atoms with Crippen molar-refractivity contribution in [2.45, 2.75) is 39.5 Å². The van der Waals surface area contributed by atoms with Crippen LogP contribution in [0.15, 0.2) is 0 Å². The van der Waals surface area contributed by atoms with E-state index in [1.54, 1.807) is 0 Å². The van der Waals surface area contributed by atoms with Gasteiger partial charge in [-0.05, 0) is 37.6 Å². The zero-order chi connectivity index (χ0) is 12.3. The molecule has 1 saturated heterocycles. The molecule has 1 heterocycles. The smallest absolute Gasteiger partial charge is 0.222 e. The van der Waals surface area contributed by atoms with E-state index in [-0.39, 0.29) is 0 Å². The van der Waals surface area contributed by atoms with Gasteiger partial charge < -0.3 is 9.80 Å². The molecule has 2 rings (SSSR count). The number of hydrogen-bond donors (Lipinski definition) is 0. The van der Waals surface area contributed by atoms with Gasteiger partial charge in [-0.2, -0.15) is 0 Å². The van der Waals surface area contributed by atoms with Crippen molar-refractivity contribution < 1.29 is 4.79 Å². The van der Waals surface area contributed by atoms with Gasteiger partial charge in [-0.3, -0.25) is 4.79 Å². The number of amides is 1. The van der Waals surface area contributed by atoms with Crippen LogP contribution in [0, 0.1) is 11.8 Å². The van der Waals surface area contributed by atoms with Gasteiger partial charge in [0.25, 0.3) is 0 Å². The summed E-state index contributed by atoms with van der Waals surface area (Å²) in [6.45, 7) is 9.68. The molecule has 1 amide bonds. The van der Waals surface area contributed by atoms with Gasteiger partial charge >= 0.3 is 0 Å². The Morgan fingerprint density at radius 2 is 1.94 bits per heavy atom. The average molecular weight is 238 g/mol. The molecule has 0 unspecified atom stereocenters. The van der Waals surface area contributed by atoms with Crippen molar-refractivity contribution in [3.05, 3.63) is 0 Å². The topological polar surface area (TPSA) is 23.6 Å². The fourth-order valence-electron chi connectivity index (χ4n) is 2.55. The number of carbonyl (C=O) groups is 1. The quantitative estimate of drug-likeness (QED) is 0.747. The second-order valence-corrected chi connectivity index (χ2v) is 6.08. The molecule has 0 aromatic rings. The molecule has 2 aliphatic rings. The highest BCUT2D eigenvalue weighted by molar-refractivity contribution is 5.76. The zero-order valence-corrected chi connectivity index (χ0v) is 11.3. The fraction of sp³-hybridized carbons (Fsp3) is 0.929. The van der Waals surface area contributed by atoms with Crippen LogP contribution in [0.25, 0.3) is 0 Å². The third-order valence-electron chi connectivity index (χ3n) is 3.74. The van der Waals surface area contributed by atoms with E-state index in [9.17, 15) is 4.79 Å². The molecular formula is C14H26N2O. The lowest BCUT2D eigenvalue weighted by atomic mass is 10.1. The van der Waals surface area contributed by atoms with Gasteiger partial charge in [-0.25, -0.2) is 0 Å². The lowest BCUT2D eigenvalue weighted by Crippen LogP contribution is -2.36. The predicted octanol–water partition coefficient (Wildman–Crippen LogP) is 1.98. The molecule has 0 radical (unpaired) electrons. The maximum atomic E-state index is 12.0. The van der Waals surface area contributed by atoms with Crippen molar-refractivity contribution in [1.82, 2.24) is 9.80 Å². The van der Waals surface area contributed by atoms with E-state index in [2.05, 4.69) is 23.6 Å². The monoisotopic (exact) mass is 238 g/mol. The Labute approximate surface area is 105 Å². The Morgan fingerprint density at radius 1 is 1.18 bits per heavy atom. The van der Waals surface area contributed by atoms with Crippen molar-refractivity contribution in [3.63, 3.8) is 0 Å². The van der Waals surface area contributed by atoms with E-state index in [0.717, 1.165) is 32.0 Å². The van der Waals surface area contributed by atoms with Gasteiger partial charge in [0.05, 0.1) is 0 Å². The van der Waals surface area contributed by atoms with Crippen LogP contribution in [0.1, 0.15) is 39.5 Å². The molecule has 98 valence electrons. The summed E-state index contributed by atoms with van der Waals surface area (Å²) < 4.78 is 0. The highest BCUT2D eigenvalue weighted by Gasteiger charge is 2.26. The molecule has 1 aliphatic heterocycles. The summed E-state index contributed by atoms with van der Waals surface area (Å²) in [5, 5.41) is 0. The molecule has 0 N–H and O–H groups in total. The van der Waals surface area contributed by atoms with Crippen LogP contribution >= 0.6 is 0 Å². The van der Waals surface area contributed by atoms with Crippen LogP contribution in [-0.2, 0) is 4.79 Å². The van der Waals surface area contributed by atoms with Crippen LogP contribution in [-0.4, -0.2) is 48.4 Å². The van der Waals surface area contributed by atoms with E-state index in [1.165, 1.54) is 25.9 Å². The number of hydrogen-bond acceptors (Lipinski definition) is 2. The molecule has 0 bridgehead atoms. The zero-order valence-electron chi connectivity index (χ0n) is 11.3. The third kappa shape index (κ3) is 4.30. The van der Waals surface area contributed by atoms with Crippen molar-refractivity contribution in [2.75, 3.05) is 32.7 Å². The maximum absolute atomic E-state index is 12.0. The van der Waals surface area contributed by atoms with Crippen molar-refractivity contribution in [3.8, 4) is 0 Å². The Morgan fingerprint density at radius 3 is 2.59 bits per heavy atom. The standard InChI is InChI=1S/C14H26N2O/c1-12(2)10-14(17)16-7-3-6-15(8-9-16)11-13-4-5-13/h12-13H,3-11H2,1-2H3. The number of rotatable bonds is 4. The summed E-state index contributed by atoms with van der Waals surface area (Å²) >= 11 is 0. The largest absolute Gasteiger partial charge is 0.341 e. The second-order valence-electron chi connectivity index (χ2n) is 6.08. The Bertz CT molecular complexity index is 261. The first-order chi connectivity index (χ1) is 8.15. The van der Waals surface area contributed by atoms with E-state index in [1.807, 2.05) is 0 Å². The van der Waals surface area contributed by atoms with Crippen LogP contribution in [0.5, 0.6) is 0 Å². The molecule has 0 aromatic heterocycles. The molecule has 2 fully saturated rings. The first kappa shape index (κ1) is 12.9. The minimum atomic E-state index is 0.355. The van der Waals surface area contributed by atoms with Crippen molar-refractivity contribution in [1.29, 1.82) is 0 Å². The van der Waals surface area contributed by atoms with Gasteiger partial charge in [0, 0.05) is 32.6 Å². The Kier molecular flexibility index (Phi) is 4.43. The lowest BCUT2D eigenvalue weighted by Gasteiger charge is -2.22. The van der Waals surface area contributed by atoms with E-state index < -0.39 is 0 Å². The molecular weight excluding hydrogens is 212 g/mol. The lowest BCUT2D eigenvalue weighted by molar-refractivity contribution is -0.131. The summed E-state index contributed by atoms with van der Waals surface area (Å²) in [7, 11) is 0. The third-order valence-corrected chi connectivity index (χ3v) is 3.74. The molecule has 3 heteroatoms. The fourth-order valence-corrected chi connectivity index (χ4v) is 2.55. The maximum Gasteiger partial charge on any atom is 0.222 e. The van der Waals surface area contributed by atoms with E-state index >= 15 is 0 Å². The summed E-state index contributed by atoms with van der Waals surface area (Å²) in [5.74, 6) is 1.80. The summed E-state index contributed by atoms with van der Waals surface area (Å²) in [4.78, 5) is 16.6. The molecule has 0 spiro atoms. The van der Waals surface area contributed by atoms with Gasteiger partial charge in [0.15, 0.2) is 0 Å².